The zero-order chi connectivity index (χ0) is 14.9. The second-order valence-corrected chi connectivity index (χ2v) is 5.69. The summed E-state index contributed by atoms with van der Waals surface area (Å²) in [4.78, 5) is 18.3. The summed E-state index contributed by atoms with van der Waals surface area (Å²) in [5.74, 6) is 1.67. The quantitative estimate of drug-likeness (QED) is 0.716. The molecule has 0 aliphatic carbocycles. The second kappa shape index (κ2) is 8.62. The molecule has 1 amide bonds. The highest BCUT2D eigenvalue weighted by atomic mass is 16.2. The van der Waals surface area contributed by atoms with Gasteiger partial charge in [0.15, 0.2) is 0 Å². The molecule has 1 unspecified atom stereocenters. The number of nitrogens with zero attached hydrogens (tertiary/aromatic N) is 2. The van der Waals surface area contributed by atoms with Crippen molar-refractivity contribution in [2.24, 2.45) is 5.92 Å². The van der Waals surface area contributed by atoms with Crippen molar-refractivity contribution in [3.8, 4) is 0 Å². The van der Waals surface area contributed by atoms with Gasteiger partial charge in [0.25, 0.3) is 0 Å². The van der Waals surface area contributed by atoms with Crippen molar-refractivity contribution in [3.05, 3.63) is 24.4 Å². The van der Waals surface area contributed by atoms with E-state index in [4.69, 9.17) is 0 Å². The van der Waals surface area contributed by atoms with E-state index in [1.807, 2.05) is 18.2 Å². The number of amides is 1. The van der Waals surface area contributed by atoms with Gasteiger partial charge in [-0.1, -0.05) is 19.4 Å². The Bertz CT molecular complexity index is 424. The number of nitrogens with one attached hydrogen (secondary N) is 2. The summed E-state index contributed by atoms with van der Waals surface area (Å²) in [7, 11) is 0. The van der Waals surface area contributed by atoms with Gasteiger partial charge in [-0.05, 0) is 37.4 Å². The molecule has 1 atom stereocenters. The molecular weight excluding hydrogens is 264 g/mol. The van der Waals surface area contributed by atoms with Crippen molar-refractivity contribution < 1.29 is 4.79 Å². The maximum atomic E-state index is 11.8. The zero-order valence-corrected chi connectivity index (χ0v) is 12.8. The molecule has 2 N–H and O–H groups in total. The van der Waals surface area contributed by atoms with Crippen LogP contribution in [0.3, 0.4) is 0 Å². The number of carbonyl (C=O) groups excluding carboxylic acids is 1. The molecule has 1 fully saturated rings. The van der Waals surface area contributed by atoms with Crippen molar-refractivity contribution in [2.75, 3.05) is 38.0 Å². The van der Waals surface area contributed by atoms with Crippen LogP contribution in [-0.2, 0) is 4.79 Å². The third kappa shape index (κ3) is 5.71. The van der Waals surface area contributed by atoms with E-state index < -0.39 is 0 Å². The molecule has 2 rings (SSSR count). The molecule has 0 saturated carbocycles. The number of hydrogen-bond acceptors (Lipinski definition) is 4. The molecule has 0 spiro atoms. The molecule has 0 radical (unpaired) electrons. The molecular formula is C16H26N4O. The van der Waals surface area contributed by atoms with Gasteiger partial charge in [-0.15, -0.1) is 0 Å². The summed E-state index contributed by atoms with van der Waals surface area (Å²) >= 11 is 0. The molecule has 1 aliphatic rings. The van der Waals surface area contributed by atoms with Crippen molar-refractivity contribution in [1.82, 2.24) is 15.2 Å². The minimum Gasteiger partial charge on any atom is -0.370 e. The summed E-state index contributed by atoms with van der Waals surface area (Å²) < 4.78 is 0. The van der Waals surface area contributed by atoms with Gasteiger partial charge < -0.3 is 10.6 Å². The second-order valence-electron chi connectivity index (χ2n) is 5.69. The standard InChI is InChI=1S/C16H26N4O/c1-2-3-8-18-16(21)13-20-10-7-14(12-20)11-19-15-6-4-5-9-17-15/h4-6,9,14H,2-3,7-8,10-13H2,1H3,(H,17,19)(H,18,21). The predicted octanol–water partition coefficient (Wildman–Crippen LogP) is 1.73. The van der Waals surface area contributed by atoms with Crippen molar-refractivity contribution in [1.29, 1.82) is 0 Å². The highest BCUT2D eigenvalue weighted by Gasteiger charge is 2.23. The van der Waals surface area contributed by atoms with Gasteiger partial charge in [0, 0.05) is 25.8 Å². The van der Waals surface area contributed by atoms with E-state index in [1.165, 1.54) is 0 Å². The lowest BCUT2D eigenvalue weighted by atomic mass is 10.1. The van der Waals surface area contributed by atoms with Crippen LogP contribution in [0.2, 0.25) is 0 Å². The van der Waals surface area contributed by atoms with E-state index in [0.29, 0.717) is 12.5 Å². The Morgan fingerprint density at radius 3 is 3.14 bits per heavy atom. The first-order valence-corrected chi connectivity index (χ1v) is 7.92. The van der Waals surface area contributed by atoms with Gasteiger partial charge in [-0.25, -0.2) is 4.98 Å². The Morgan fingerprint density at radius 2 is 2.38 bits per heavy atom. The predicted molar refractivity (Wildman–Crippen MR) is 85.2 cm³/mol. The van der Waals surface area contributed by atoms with E-state index in [0.717, 1.165) is 51.3 Å². The fraction of sp³-hybridized carbons (Fsp3) is 0.625. The molecule has 5 heteroatoms. The largest absolute Gasteiger partial charge is 0.370 e. The number of likely N-dealkylation sites (tertiary alicyclic amines) is 1. The summed E-state index contributed by atoms with van der Waals surface area (Å²) in [5, 5.41) is 6.34. The van der Waals surface area contributed by atoms with Gasteiger partial charge >= 0.3 is 0 Å². The van der Waals surface area contributed by atoms with Gasteiger partial charge in [0.1, 0.15) is 5.82 Å². The molecule has 21 heavy (non-hydrogen) atoms. The number of hydrogen-bond donors (Lipinski definition) is 2. The molecule has 2 heterocycles. The lowest BCUT2D eigenvalue weighted by Gasteiger charge is -2.16. The summed E-state index contributed by atoms with van der Waals surface area (Å²) in [5.41, 5.74) is 0. The monoisotopic (exact) mass is 290 g/mol. The number of pyridine rings is 1. The summed E-state index contributed by atoms with van der Waals surface area (Å²) in [6.45, 7) is 6.38. The van der Waals surface area contributed by atoms with Gasteiger partial charge in [-0.2, -0.15) is 0 Å². The van der Waals surface area contributed by atoms with E-state index in [-0.39, 0.29) is 5.91 Å². The lowest BCUT2D eigenvalue weighted by molar-refractivity contribution is -0.122. The number of rotatable bonds is 8. The van der Waals surface area contributed by atoms with Crippen LogP contribution < -0.4 is 10.6 Å². The Balaban J connectivity index is 1.63. The molecule has 0 bridgehead atoms. The minimum atomic E-state index is 0.154. The van der Waals surface area contributed by atoms with Crippen LogP contribution in [0, 0.1) is 5.92 Å². The highest BCUT2D eigenvalue weighted by molar-refractivity contribution is 5.78. The third-order valence-corrected chi connectivity index (χ3v) is 3.83. The fourth-order valence-electron chi connectivity index (χ4n) is 2.60. The number of unbranched alkanes of at least 4 members (excludes halogenated alkanes) is 1. The first-order chi connectivity index (χ1) is 10.3. The smallest absolute Gasteiger partial charge is 0.234 e. The molecule has 1 saturated heterocycles. The molecule has 1 aromatic rings. The van der Waals surface area contributed by atoms with Crippen molar-refractivity contribution in [3.63, 3.8) is 0 Å². The maximum Gasteiger partial charge on any atom is 0.234 e. The summed E-state index contributed by atoms with van der Waals surface area (Å²) in [6, 6.07) is 5.88. The topological polar surface area (TPSA) is 57.3 Å². The molecule has 1 aliphatic heterocycles. The number of aromatic nitrogens is 1. The van der Waals surface area contributed by atoms with Crippen LogP contribution in [-0.4, -0.2) is 48.5 Å². The average molecular weight is 290 g/mol. The van der Waals surface area contributed by atoms with E-state index >= 15 is 0 Å². The summed E-state index contributed by atoms with van der Waals surface area (Å²) in [6.07, 6.45) is 5.11. The number of anilines is 1. The Hall–Kier alpha value is -1.62. The highest BCUT2D eigenvalue weighted by Crippen LogP contribution is 2.16. The van der Waals surface area contributed by atoms with Crippen LogP contribution in [0.5, 0.6) is 0 Å². The van der Waals surface area contributed by atoms with Crippen LogP contribution in [0.1, 0.15) is 26.2 Å². The first kappa shape index (κ1) is 15.8. The van der Waals surface area contributed by atoms with E-state index in [9.17, 15) is 4.79 Å². The van der Waals surface area contributed by atoms with Gasteiger partial charge in [0.05, 0.1) is 6.54 Å². The fourth-order valence-corrected chi connectivity index (χ4v) is 2.60. The Labute approximate surface area is 127 Å². The van der Waals surface area contributed by atoms with E-state index in [2.05, 4.69) is 27.4 Å². The lowest BCUT2D eigenvalue weighted by Crippen LogP contribution is -2.36. The Kier molecular flexibility index (Phi) is 6.47. The number of carbonyl (C=O) groups is 1. The van der Waals surface area contributed by atoms with Gasteiger partial charge in [-0.3, -0.25) is 9.69 Å². The van der Waals surface area contributed by atoms with Crippen LogP contribution >= 0.6 is 0 Å². The molecule has 5 nitrogen and oxygen atoms in total. The van der Waals surface area contributed by atoms with Crippen molar-refractivity contribution in [2.45, 2.75) is 26.2 Å². The van der Waals surface area contributed by atoms with Crippen LogP contribution in [0.15, 0.2) is 24.4 Å². The normalized spacial score (nSPS) is 18.6. The third-order valence-electron chi connectivity index (χ3n) is 3.83. The average Bonchev–Trinajstić information content (AvgIpc) is 2.94. The van der Waals surface area contributed by atoms with Crippen molar-refractivity contribution >= 4 is 11.7 Å². The molecule has 116 valence electrons. The Morgan fingerprint density at radius 1 is 1.48 bits per heavy atom. The van der Waals surface area contributed by atoms with Crippen LogP contribution in [0.25, 0.3) is 0 Å². The molecule has 0 aromatic carbocycles. The minimum absolute atomic E-state index is 0.154. The van der Waals surface area contributed by atoms with Gasteiger partial charge in [0.2, 0.25) is 5.91 Å². The molecule has 1 aromatic heterocycles. The van der Waals surface area contributed by atoms with Crippen LogP contribution in [0.4, 0.5) is 5.82 Å². The SMILES string of the molecule is CCCCNC(=O)CN1CCC(CNc2ccccn2)C1. The zero-order valence-electron chi connectivity index (χ0n) is 12.8. The maximum absolute atomic E-state index is 11.8. The first-order valence-electron chi connectivity index (χ1n) is 7.92. The van der Waals surface area contributed by atoms with E-state index in [1.54, 1.807) is 6.20 Å².